The molecule has 0 amide bonds. The summed E-state index contributed by atoms with van der Waals surface area (Å²) in [5, 5.41) is 6.75. The van der Waals surface area contributed by atoms with E-state index >= 15 is 0 Å². The third-order valence-corrected chi connectivity index (χ3v) is 3.19. The van der Waals surface area contributed by atoms with Crippen LogP contribution >= 0.6 is 11.6 Å². The maximum atomic E-state index is 5.95. The van der Waals surface area contributed by atoms with Crippen molar-refractivity contribution in [1.82, 2.24) is 15.3 Å². The Morgan fingerprint density at radius 2 is 2.11 bits per heavy atom. The monoisotopic (exact) mass is 276 g/mol. The first-order valence-corrected chi connectivity index (χ1v) is 6.32. The van der Waals surface area contributed by atoms with Gasteiger partial charge in [0.25, 0.3) is 0 Å². The number of halogens is 1. The van der Waals surface area contributed by atoms with Crippen LogP contribution in [-0.4, -0.2) is 17.1 Å². The number of fused-ring (bicyclic) bond motifs is 1. The molecule has 0 aliphatic carbocycles. The number of methoxy groups -OCH3 is 1. The molecule has 0 saturated carbocycles. The summed E-state index contributed by atoms with van der Waals surface area (Å²) >= 11 is 5.95. The molecule has 2 aromatic rings. The Bertz CT molecular complexity index is 618. The van der Waals surface area contributed by atoms with Crippen molar-refractivity contribution in [3.8, 4) is 5.75 Å². The predicted octanol–water partition coefficient (Wildman–Crippen LogP) is 2.49. The van der Waals surface area contributed by atoms with E-state index in [4.69, 9.17) is 16.3 Å². The van der Waals surface area contributed by atoms with Crippen molar-refractivity contribution >= 4 is 23.1 Å². The highest BCUT2D eigenvalue weighted by Crippen LogP contribution is 2.30. The number of hydrogen-bond donors (Lipinski definition) is 2. The lowest BCUT2D eigenvalue weighted by atomic mass is 10.2. The van der Waals surface area contributed by atoms with E-state index in [1.54, 1.807) is 7.11 Å². The molecule has 19 heavy (non-hydrogen) atoms. The van der Waals surface area contributed by atoms with Crippen LogP contribution in [-0.2, 0) is 13.1 Å². The minimum Gasteiger partial charge on any atom is -0.495 e. The summed E-state index contributed by atoms with van der Waals surface area (Å²) in [6.45, 7) is 1.46. The minimum absolute atomic E-state index is 0.250. The number of nitrogens with one attached hydrogen (secondary N) is 2. The van der Waals surface area contributed by atoms with Crippen molar-refractivity contribution in [2.75, 3.05) is 12.4 Å². The zero-order valence-electron chi connectivity index (χ0n) is 10.4. The van der Waals surface area contributed by atoms with E-state index in [2.05, 4.69) is 20.6 Å². The summed E-state index contributed by atoms with van der Waals surface area (Å²) in [6.07, 6.45) is 0. The number of rotatable bonds is 3. The van der Waals surface area contributed by atoms with Crippen molar-refractivity contribution in [3.63, 3.8) is 0 Å². The van der Waals surface area contributed by atoms with Gasteiger partial charge in [-0.3, -0.25) is 0 Å². The zero-order chi connectivity index (χ0) is 13.2. The molecular weight excluding hydrogens is 264 g/mol. The first-order chi connectivity index (χ1) is 9.28. The summed E-state index contributed by atoms with van der Waals surface area (Å²) < 4.78 is 5.31. The molecule has 0 spiro atoms. The van der Waals surface area contributed by atoms with Crippen LogP contribution < -0.4 is 15.4 Å². The van der Waals surface area contributed by atoms with Gasteiger partial charge in [0, 0.05) is 18.7 Å². The molecular formula is C13H13ClN4O. The maximum absolute atomic E-state index is 5.95. The van der Waals surface area contributed by atoms with E-state index in [-0.39, 0.29) is 5.28 Å². The standard InChI is InChI=1S/C13H13ClN4O/c1-19-11-5-3-2-4-9(11)16-12-8-6-15-7-10(8)17-13(14)18-12/h2-5,15H,6-7H2,1H3,(H,16,17,18). The molecule has 1 aliphatic rings. The molecule has 0 radical (unpaired) electrons. The number of para-hydroxylation sites is 2. The normalized spacial score (nSPS) is 13.2. The molecule has 0 fully saturated rings. The van der Waals surface area contributed by atoms with Gasteiger partial charge in [-0.1, -0.05) is 12.1 Å². The Kier molecular flexibility index (Phi) is 3.23. The SMILES string of the molecule is COc1ccccc1Nc1nc(Cl)nc2c1CNC2. The molecule has 0 bridgehead atoms. The lowest BCUT2D eigenvalue weighted by Gasteiger charge is -2.12. The number of nitrogens with zero attached hydrogens (tertiary/aromatic N) is 2. The van der Waals surface area contributed by atoms with Crippen LogP contribution in [0.1, 0.15) is 11.3 Å². The van der Waals surface area contributed by atoms with Crippen molar-refractivity contribution in [2.45, 2.75) is 13.1 Å². The number of ether oxygens (including phenoxy) is 1. The van der Waals surface area contributed by atoms with Crippen LogP contribution in [0, 0.1) is 0 Å². The molecule has 2 heterocycles. The van der Waals surface area contributed by atoms with Gasteiger partial charge in [-0.15, -0.1) is 0 Å². The van der Waals surface area contributed by atoms with Crippen LogP contribution in [0.15, 0.2) is 24.3 Å². The molecule has 0 atom stereocenters. The smallest absolute Gasteiger partial charge is 0.224 e. The van der Waals surface area contributed by atoms with E-state index in [1.807, 2.05) is 24.3 Å². The lowest BCUT2D eigenvalue weighted by molar-refractivity contribution is 0.417. The van der Waals surface area contributed by atoms with Gasteiger partial charge >= 0.3 is 0 Å². The summed E-state index contributed by atoms with van der Waals surface area (Å²) in [5.74, 6) is 1.49. The van der Waals surface area contributed by atoms with E-state index in [0.717, 1.165) is 41.6 Å². The fourth-order valence-corrected chi connectivity index (χ4v) is 2.30. The summed E-state index contributed by atoms with van der Waals surface area (Å²) in [7, 11) is 1.64. The second kappa shape index (κ2) is 5.03. The van der Waals surface area contributed by atoms with Gasteiger partial charge in [0.2, 0.25) is 5.28 Å². The maximum Gasteiger partial charge on any atom is 0.224 e. The summed E-state index contributed by atoms with van der Waals surface area (Å²) in [4.78, 5) is 8.48. The second-order valence-corrected chi connectivity index (χ2v) is 4.53. The molecule has 1 aliphatic heterocycles. The highest BCUT2D eigenvalue weighted by atomic mass is 35.5. The Morgan fingerprint density at radius 1 is 1.26 bits per heavy atom. The third kappa shape index (κ3) is 2.34. The molecule has 1 aromatic heterocycles. The Labute approximate surface area is 116 Å². The van der Waals surface area contributed by atoms with E-state index < -0.39 is 0 Å². The van der Waals surface area contributed by atoms with Gasteiger partial charge in [-0.2, -0.15) is 0 Å². The Hall–Kier alpha value is -1.85. The van der Waals surface area contributed by atoms with Crippen molar-refractivity contribution < 1.29 is 4.74 Å². The van der Waals surface area contributed by atoms with E-state index in [9.17, 15) is 0 Å². The quantitative estimate of drug-likeness (QED) is 0.844. The van der Waals surface area contributed by atoms with Crippen LogP contribution in [0.4, 0.5) is 11.5 Å². The highest BCUT2D eigenvalue weighted by Gasteiger charge is 2.19. The van der Waals surface area contributed by atoms with E-state index in [0.29, 0.717) is 0 Å². The Balaban J connectivity index is 2.00. The second-order valence-electron chi connectivity index (χ2n) is 4.20. The zero-order valence-corrected chi connectivity index (χ0v) is 11.2. The minimum atomic E-state index is 0.250. The van der Waals surface area contributed by atoms with Crippen LogP contribution in [0.2, 0.25) is 5.28 Å². The summed E-state index contributed by atoms with van der Waals surface area (Å²) in [6, 6.07) is 7.68. The first kappa shape index (κ1) is 12.2. The predicted molar refractivity (Wildman–Crippen MR) is 73.9 cm³/mol. The Morgan fingerprint density at radius 3 is 2.95 bits per heavy atom. The largest absolute Gasteiger partial charge is 0.495 e. The molecule has 98 valence electrons. The van der Waals surface area contributed by atoms with Crippen molar-refractivity contribution in [2.24, 2.45) is 0 Å². The summed E-state index contributed by atoms with van der Waals surface area (Å²) in [5.41, 5.74) is 2.85. The lowest BCUT2D eigenvalue weighted by Crippen LogP contribution is -2.03. The number of benzene rings is 1. The molecule has 2 N–H and O–H groups in total. The average molecular weight is 277 g/mol. The van der Waals surface area contributed by atoms with E-state index in [1.165, 1.54) is 0 Å². The average Bonchev–Trinajstić information content (AvgIpc) is 2.87. The molecule has 0 unspecified atom stereocenters. The van der Waals surface area contributed by atoms with Gasteiger partial charge < -0.3 is 15.4 Å². The van der Waals surface area contributed by atoms with Gasteiger partial charge in [0.1, 0.15) is 11.6 Å². The molecule has 5 nitrogen and oxygen atoms in total. The topological polar surface area (TPSA) is 59.1 Å². The first-order valence-electron chi connectivity index (χ1n) is 5.94. The van der Waals surface area contributed by atoms with Crippen LogP contribution in [0.3, 0.4) is 0 Å². The molecule has 3 rings (SSSR count). The van der Waals surface area contributed by atoms with Gasteiger partial charge in [0.05, 0.1) is 18.5 Å². The van der Waals surface area contributed by atoms with Gasteiger partial charge in [-0.05, 0) is 23.7 Å². The third-order valence-electron chi connectivity index (χ3n) is 3.02. The molecule has 6 heteroatoms. The van der Waals surface area contributed by atoms with Gasteiger partial charge in [-0.25, -0.2) is 9.97 Å². The van der Waals surface area contributed by atoms with Gasteiger partial charge in [0.15, 0.2) is 0 Å². The number of aromatic nitrogens is 2. The van der Waals surface area contributed by atoms with Crippen molar-refractivity contribution in [1.29, 1.82) is 0 Å². The van der Waals surface area contributed by atoms with Crippen LogP contribution in [0.5, 0.6) is 5.75 Å². The number of anilines is 2. The number of hydrogen-bond acceptors (Lipinski definition) is 5. The molecule has 1 aromatic carbocycles. The van der Waals surface area contributed by atoms with Crippen LogP contribution in [0.25, 0.3) is 0 Å². The van der Waals surface area contributed by atoms with Crippen molar-refractivity contribution in [3.05, 3.63) is 40.8 Å². The fraction of sp³-hybridized carbons (Fsp3) is 0.231. The molecule has 0 saturated heterocycles. The highest BCUT2D eigenvalue weighted by molar-refractivity contribution is 6.28. The fourth-order valence-electron chi connectivity index (χ4n) is 2.12.